The van der Waals surface area contributed by atoms with E-state index in [0.717, 1.165) is 41.2 Å². The average molecular weight is 406 g/mol. The predicted octanol–water partition coefficient (Wildman–Crippen LogP) is 4.26. The fourth-order valence-electron chi connectivity index (χ4n) is 5.30. The molecule has 1 atom stereocenters. The van der Waals surface area contributed by atoms with Gasteiger partial charge in [0.25, 0.3) is 0 Å². The fraction of sp³-hybridized carbons (Fsp3) is 0.542. The van der Waals surface area contributed by atoms with Crippen LogP contribution >= 0.6 is 0 Å². The second-order valence-corrected chi connectivity index (χ2v) is 9.03. The van der Waals surface area contributed by atoms with Crippen molar-refractivity contribution in [2.24, 2.45) is 5.92 Å². The number of pyridine rings is 1. The summed E-state index contributed by atoms with van der Waals surface area (Å²) < 4.78 is 1.53. The first-order valence-electron chi connectivity index (χ1n) is 11.5. The van der Waals surface area contributed by atoms with Crippen LogP contribution in [0, 0.1) is 5.92 Å². The Bertz CT molecular complexity index is 1040. The van der Waals surface area contributed by atoms with Crippen LogP contribution in [0.1, 0.15) is 63.1 Å². The van der Waals surface area contributed by atoms with Crippen LogP contribution in [0.3, 0.4) is 0 Å². The Morgan fingerprint density at radius 1 is 1.07 bits per heavy atom. The van der Waals surface area contributed by atoms with Crippen LogP contribution in [0.15, 0.2) is 41.5 Å². The number of hydrogen-bond acceptors (Lipinski definition) is 4. The average Bonchev–Trinajstić information content (AvgIpc) is 3.19. The lowest BCUT2D eigenvalue weighted by molar-refractivity contribution is 0.182. The normalized spacial score (nSPS) is 21.3. The van der Waals surface area contributed by atoms with E-state index in [4.69, 9.17) is 5.10 Å². The molecule has 6 heteroatoms. The molecule has 2 fully saturated rings. The van der Waals surface area contributed by atoms with Crippen molar-refractivity contribution in [3.05, 3.63) is 53.0 Å². The van der Waals surface area contributed by atoms with Gasteiger partial charge in [-0.15, -0.1) is 5.10 Å². The molecule has 2 aliphatic rings. The molecule has 5 rings (SSSR count). The standard InChI is InChI=1S/C24H31N5O/c30-24-26-23(27-29(24)22-10-4-8-19-16-25-13-11-21(19)22)20-9-5-14-28(17-20)15-12-18-6-2-1-3-7-18/h4,8,10-11,13,16,18,20H,1-3,5-7,9,12,14-15,17H2,(H,26,27,30)/t20-/m0/s1. The second-order valence-electron chi connectivity index (χ2n) is 9.03. The molecule has 0 radical (unpaired) electrons. The van der Waals surface area contributed by atoms with Crippen LogP contribution in [0.25, 0.3) is 16.5 Å². The maximum Gasteiger partial charge on any atom is 0.348 e. The Kier molecular flexibility index (Phi) is 5.67. The highest BCUT2D eigenvalue weighted by atomic mass is 16.1. The Hall–Kier alpha value is -2.47. The van der Waals surface area contributed by atoms with E-state index in [9.17, 15) is 4.79 Å². The topological polar surface area (TPSA) is 66.8 Å². The largest absolute Gasteiger partial charge is 0.348 e. The summed E-state index contributed by atoms with van der Waals surface area (Å²) in [7, 11) is 0. The van der Waals surface area contributed by atoms with Gasteiger partial charge in [0.15, 0.2) is 0 Å². The molecule has 0 amide bonds. The van der Waals surface area contributed by atoms with Gasteiger partial charge in [-0.2, -0.15) is 4.68 Å². The molecule has 3 aromatic rings. The van der Waals surface area contributed by atoms with Gasteiger partial charge in [-0.25, -0.2) is 4.79 Å². The fourth-order valence-corrected chi connectivity index (χ4v) is 5.30. The van der Waals surface area contributed by atoms with E-state index in [-0.39, 0.29) is 5.69 Å². The number of H-pyrrole nitrogens is 1. The Balaban J connectivity index is 1.32. The number of aromatic amines is 1. The van der Waals surface area contributed by atoms with Gasteiger partial charge >= 0.3 is 5.69 Å². The summed E-state index contributed by atoms with van der Waals surface area (Å²) in [6.07, 6.45) is 14.2. The van der Waals surface area contributed by atoms with Gasteiger partial charge in [-0.3, -0.25) is 9.97 Å². The SMILES string of the molecule is O=c1[nH]c([C@H]2CCCN(CCC3CCCCC3)C2)nn1-c1cccc2cnccc12. The second kappa shape index (κ2) is 8.72. The molecular weight excluding hydrogens is 374 g/mol. The van der Waals surface area contributed by atoms with Crippen molar-refractivity contribution in [2.45, 2.75) is 57.3 Å². The molecule has 0 spiro atoms. The van der Waals surface area contributed by atoms with Gasteiger partial charge in [0.05, 0.1) is 5.69 Å². The summed E-state index contributed by atoms with van der Waals surface area (Å²) in [5.74, 6) is 2.04. The summed E-state index contributed by atoms with van der Waals surface area (Å²) >= 11 is 0. The van der Waals surface area contributed by atoms with Crippen molar-refractivity contribution in [1.29, 1.82) is 0 Å². The summed E-state index contributed by atoms with van der Waals surface area (Å²) in [6.45, 7) is 3.35. The highest BCUT2D eigenvalue weighted by Crippen LogP contribution is 2.29. The summed E-state index contributed by atoms with van der Waals surface area (Å²) in [5.41, 5.74) is 0.654. The lowest BCUT2D eigenvalue weighted by Crippen LogP contribution is -2.36. The third-order valence-corrected chi connectivity index (χ3v) is 6.99. The Labute approximate surface area is 177 Å². The van der Waals surface area contributed by atoms with E-state index in [2.05, 4.69) is 14.9 Å². The zero-order chi connectivity index (χ0) is 20.3. The van der Waals surface area contributed by atoms with E-state index in [0.29, 0.717) is 5.92 Å². The first-order chi connectivity index (χ1) is 14.8. The molecule has 30 heavy (non-hydrogen) atoms. The molecule has 1 saturated heterocycles. The number of hydrogen-bond donors (Lipinski definition) is 1. The van der Waals surface area contributed by atoms with Gasteiger partial charge in [-0.05, 0) is 50.4 Å². The van der Waals surface area contributed by atoms with Crippen molar-refractivity contribution >= 4 is 10.8 Å². The zero-order valence-corrected chi connectivity index (χ0v) is 17.6. The Morgan fingerprint density at radius 2 is 1.97 bits per heavy atom. The predicted molar refractivity (Wildman–Crippen MR) is 119 cm³/mol. The van der Waals surface area contributed by atoms with Crippen molar-refractivity contribution in [1.82, 2.24) is 24.6 Å². The number of nitrogens with one attached hydrogen (secondary N) is 1. The van der Waals surface area contributed by atoms with Crippen LogP contribution in [-0.4, -0.2) is 44.3 Å². The lowest BCUT2D eigenvalue weighted by atomic mass is 9.86. The van der Waals surface area contributed by atoms with Crippen LogP contribution in [0.5, 0.6) is 0 Å². The number of likely N-dealkylation sites (tertiary alicyclic amines) is 1. The van der Waals surface area contributed by atoms with Crippen molar-refractivity contribution in [3.63, 3.8) is 0 Å². The third-order valence-electron chi connectivity index (χ3n) is 6.99. The Morgan fingerprint density at radius 3 is 2.87 bits per heavy atom. The number of nitrogens with zero attached hydrogens (tertiary/aromatic N) is 4. The van der Waals surface area contributed by atoms with Gasteiger partial charge in [0.1, 0.15) is 5.82 Å². The monoisotopic (exact) mass is 405 g/mol. The molecule has 0 unspecified atom stereocenters. The molecule has 158 valence electrons. The molecule has 0 bridgehead atoms. The lowest BCUT2D eigenvalue weighted by Gasteiger charge is -2.33. The summed E-state index contributed by atoms with van der Waals surface area (Å²) in [6, 6.07) is 7.86. The van der Waals surface area contributed by atoms with E-state index in [1.54, 1.807) is 6.20 Å². The molecule has 1 aromatic carbocycles. The van der Waals surface area contributed by atoms with E-state index < -0.39 is 0 Å². The quantitative estimate of drug-likeness (QED) is 0.689. The summed E-state index contributed by atoms with van der Waals surface area (Å²) in [4.78, 5) is 22.6. The third kappa shape index (κ3) is 4.06. The molecule has 1 aliphatic heterocycles. The van der Waals surface area contributed by atoms with Gasteiger partial charge in [-0.1, -0.05) is 44.2 Å². The molecule has 3 heterocycles. The van der Waals surface area contributed by atoms with Crippen molar-refractivity contribution in [2.75, 3.05) is 19.6 Å². The maximum absolute atomic E-state index is 12.8. The molecule has 6 nitrogen and oxygen atoms in total. The van der Waals surface area contributed by atoms with E-state index >= 15 is 0 Å². The number of fused-ring (bicyclic) bond motifs is 1. The number of aromatic nitrogens is 4. The summed E-state index contributed by atoms with van der Waals surface area (Å²) in [5, 5.41) is 6.74. The van der Waals surface area contributed by atoms with Gasteiger partial charge in [0, 0.05) is 35.6 Å². The molecule has 1 aliphatic carbocycles. The van der Waals surface area contributed by atoms with Crippen molar-refractivity contribution in [3.8, 4) is 5.69 Å². The van der Waals surface area contributed by atoms with E-state index in [1.807, 2.05) is 30.5 Å². The highest BCUT2D eigenvalue weighted by molar-refractivity contribution is 5.89. The highest BCUT2D eigenvalue weighted by Gasteiger charge is 2.26. The first kappa shape index (κ1) is 19.5. The minimum atomic E-state index is -0.159. The van der Waals surface area contributed by atoms with Crippen LogP contribution < -0.4 is 5.69 Å². The van der Waals surface area contributed by atoms with E-state index in [1.165, 1.54) is 62.7 Å². The zero-order valence-electron chi connectivity index (χ0n) is 17.6. The van der Waals surface area contributed by atoms with Crippen LogP contribution in [0.2, 0.25) is 0 Å². The first-order valence-corrected chi connectivity index (χ1v) is 11.5. The van der Waals surface area contributed by atoms with Gasteiger partial charge in [0.2, 0.25) is 0 Å². The minimum absolute atomic E-state index is 0.159. The number of piperidine rings is 1. The minimum Gasteiger partial charge on any atom is -0.303 e. The maximum atomic E-state index is 12.8. The van der Waals surface area contributed by atoms with Crippen LogP contribution in [0.4, 0.5) is 0 Å². The number of rotatable bonds is 5. The molecule has 2 aromatic heterocycles. The van der Waals surface area contributed by atoms with Crippen molar-refractivity contribution < 1.29 is 0 Å². The number of benzene rings is 1. The smallest absolute Gasteiger partial charge is 0.303 e. The van der Waals surface area contributed by atoms with Gasteiger partial charge < -0.3 is 4.90 Å². The molecular formula is C24H31N5O. The molecule has 1 saturated carbocycles. The molecule has 1 N–H and O–H groups in total. The van der Waals surface area contributed by atoms with Crippen LogP contribution in [-0.2, 0) is 0 Å².